The Bertz CT molecular complexity index is 1050. The number of nitrogens with one attached hydrogen (secondary N) is 1. The molecule has 0 spiro atoms. The lowest BCUT2D eigenvalue weighted by Crippen LogP contribution is -2.42. The second-order valence-corrected chi connectivity index (χ2v) is 9.25. The van der Waals surface area contributed by atoms with Crippen LogP contribution in [-0.4, -0.2) is 56.9 Å². The van der Waals surface area contributed by atoms with E-state index in [1.807, 2.05) is 13.8 Å². The summed E-state index contributed by atoms with van der Waals surface area (Å²) < 4.78 is 35.0. The average molecular weight is 446 g/mol. The molecule has 2 aliphatic heterocycles. The maximum atomic E-state index is 15.1. The summed E-state index contributed by atoms with van der Waals surface area (Å²) in [7, 11) is 0. The number of nitrogens with zero attached hydrogens (tertiary/aromatic N) is 3. The standard InChI is InChI=1S/C23H28F2N4O3/c1-11(2)18-13-7-12(8-14(24)20(13)28-21(18)23(3,4)31)19-15(25)9-26-22(29-19)27-16-5-6-32-10-17(16)30/h7-9,11,16-18,30-31H,5-6,10H2,1-4H3,(H,26,27,29)/t16-,17-,18?/m1/s1. The molecule has 0 bridgehead atoms. The van der Waals surface area contributed by atoms with E-state index in [4.69, 9.17) is 4.74 Å². The Hall–Kier alpha value is -2.49. The lowest BCUT2D eigenvalue weighted by Gasteiger charge is -2.28. The van der Waals surface area contributed by atoms with Crippen LogP contribution in [0.4, 0.5) is 20.4 Å². The fraction of sp³-hybridized carbons (Fsp3) is 0.522. The van der Waals surface area contributed by atoms with E-state index in [2.05, 4.69) is 20.3 Å². The van der Waals surface area contributed by atoms with Crippen LogP contribution in [0.1, 0.15) is 45.6 Å². The van der Waals surface area contributed by atoms with Crippen molar-refractivity contribution >= 4 is 17.3 Å². The van der Waals surface area contributed by atoms with Gasteiger partial charge >= 0.3 is 0 Å². The number of rotatable bonds is 5. The molecule has 2 aliphatic rings. The molecule has 1 fully saturated rings. The highest BCUT2D eigenvalue weighted by molar-refractivity contribution is 6.03. The van der Waals surface area contributed by atoms with Gasteiger partial charge in [0.25, 0.3) is 0 Å². The summed E-state index contributed by atoms with van der Waals surface area (Å²) >= 11 is 0. The van der Waals surface area contributed by atoms with Gasteiger partial charge in [0.15, 0.2) is 5.82 Å². The first-order valence-electron chi connectivity index (χ1n) is 10.8. The van der Waals surface area contributed by atoms with Gasteiger partial charge in [0.05, 0.1) is 36.3 Å². The van der Waals surface area contributed by atoms with Crippen LogP contribution >= 0.6 is 0 Å². The van der Waals surface area contributed by atoms with Crippen molar-refractivity contribution in [3.63, 3.8) is 0 Å². The number of benzene rings is 1. The molecule has 0 radical (unpaired) electrons. The Morgan fingerprint density at radius 3 is 2.62 bits per heavy atom. The monoisotopic (exact) mass is 446 g/mol. The molecular weight excluding hydrogens is 418 g/mol. The number of fused-ring (bicyclic) bond motifs is 1. The second kappa shape index (κ2) is 8.46. The van der Waals surface area contributed by atoms with Crippen LogP contribution < -0.4 is 5.32 Å². The third-order valence-electron chi connectivity index (χ3n) is 5.91. The minimum absolute atomic E-state index is 0.0403. The lowest BCUT2D eigenvalue weighted by atomic mass is 9.80. The van der Waals surface area contributed by atoms with Gasteiger partial charge in [-0.1, -0.05) is 13.8 Å². The molecule has 3 heterocycles. The molecule has 7 nitrogen and oxygen atoms in total. The summed E-state index contributed by atoms with van der Waals surface area (Å²) in [5.74, 6) is -1.42. The van der Waals surface area contributed by atoms with E-state index in [1.165, 1.54) is 6.07 Å². The number of anilines is 1. The van der Waals surface area contributed by atoms with Crippen LogP contribution in [0.3, 0.4) is 0 Å². The number of aliphatic hydroxyl groups excluding tert-OH is 1. The smallest absolute Gasteiger partial charge is 0.223 e. The van der Waals surface area contributed by atoms with Gasteiger partial charge in [-0.2, -0.15) is 0 Å². The van der Waals surface area contributed by atoms with Crippen molar-refractivity contribution in [1.82, 2.24) is 9.97 Å². The highest BCUT2D eigenvalue weighted by Crippen LogP contribution is 2.45. The van der Waals surface area contributed by atoms with Gasteiger partial charge in [0, 0.05) is 18.1 Å². The molecular formula is C23H28F2N4O3. The summed E-state index contributed by atoms with van der Waals surface area (Å²) in [6.45, 7) is 7.87. The minimum Gasteiger partial charge on any atom is -0.389 e. The van der Waals surface area contributed by atoms with E-state index in [0.717, 1.165) is 6.20 Å². The summed E-state index contributed by atoms with van der Waals surface area (Å²) in [4.78, 5) is 12.6. The minimum atomic E-state index is -1.22. The summed E-state index contributed by atoms with van der Waals surface area (Å²) in [5.41, 5.74) is 0.238. The van der Waals surface area contributed by atoms with Gasteiger partial charge < -0.3 is 20.3 Å². The molecule has 1 unspecified atom stereocenters. The Morgan fingerprint density at radius 1 is 1.22 bits per heavy atom. The van der Waals surface area contributed by atoms with Gasteiger partial charge in [-0.25, -0.2) is 18.7 Å². The van der Waals surface area contributed by atoms with Crippen molar-refractivity contribution in [2.24, 2.45) is 10.9 Å². The molecule has 1 saturated heterocycles. The Kier molecular flexibility index (Phi) is 6.00. The first-order chi connectivity index (χ1) is 15.1. The molecule has 1 aromatic carbocycles. The van der Waals surface area contributed by atoms with E-state index >= 15 is 4.39 Å². The Balaban J connectivity index is 1.72. The quantitative estimate of drug-likeness (QED) is 0.649. The number of aliphatic imine (C=N–C) groups is 1. The molecule has 3 atom stereocenters. The molecule has 0 saturated carbocycles. The molecule has 2 aromatic rings. The first-order valence-corrected chi connectivity index (χ1v) is 10.8. The predicted molar refractivity (Wildman–Crippen MR) is 117 cm³/mol. The highest BCUT2D eigenvalue weighted by Gasteiger charge is 2.39. The number of halogens is 2. The fourth-order valence-electron chi connectivity index (χ4n) is 4.34. The van der Waals surface area contributed by atoms with Crippen molar-refractivity contribution in [3.8, 4) is 11.3 Å². The number of aliphatic hydroxyl groups is 2. The summed E-state index contributed by atoms with van der Waals surface area (Å²) in [5, 5.41) is 23.7. The normalized spacial score (nSPS) is 23.3. The van der Waals surface area contributed by atoms with Crippen LogP contribution in [0.5, 0.6) is 0 Å². The Labute approximate surface area is 185 Å². The van der Waals surface area contributed by atoms with E-state index in [-0.39, 0.29) is 47.4 Å². The van der Waals surface area contributed by atoms with Crippen molar-refractivity contribution < 1.29 is 23.7 Å². The van der Waals surface area contributed by atoms with E-state index in [9.17, 15) is 14.6 Å². The summed E-state index contributed by atoms with van der Waals surface area (Å²) in [6, 6.07) is 2.56. The third kappa shape index (κ3) is 4.24. The van der Waals surface area contributed by atoms with Gasteiger partial charge in [-0.05, 0) is 43.9 Å². The SMILES string of the molecule is CC(C)C1C(C(C)(C)O)=Nc2c(F)cc(-c3nc(N[C@@H]4CCOC[C@H]4O)ncc3F)cc21. The molecule has 4 rings (SSSR count). The predicted octanol–water partition coefficient (Wildman–Crippen LogP) is 3.58. The largest absolute Gasteiger partial charge is 0.389 e. The third-order valence-corrected chi connectivity index (χ3v) is 5.91. The molecule has 0 amide bonds. The second-order valence-electron chi connectivity index (χ2n) is 9.25. The highest BCUT2D eigenvalue weighted by atomic mass is 19.1. The lowest BCUT2D eigenvalue weighted by molar-refractivity contribution is -0.0136. The van der Waals surface area contributed by atoms with Crippen molar-refractivity contribution in [2.75, 3.05) is 18.5 Å². The topological polar surface area (TPSA) is 99.9 Å². The van der Waals surface area contributed by atoms with Crippen LogP contribution in [0.15, 0.2) is 23.3 Å². The van der Waals surface area contributed by atoms with Crippen molar-refractivity contribution in [2.45, 2.75) is 57.8 Å². The van der Waals surface area contributed by atoms with Gasteiger partial charge in [0.2, 0.25) is 5.95 Å². The molecule has 1 aromatic heterocycles. The van der Waals surface area contributed by atoms with Gasteiger partial charge in [0.1, 0.15) is 17.2 Å². The summed E-state index contributed by atoms with van der Waals surface area (Å²) in [6.07, 6.45) is 0.848. The zero-order valence-electron chi connectivity index (χ0n) is 18.6. The van der Waals surface area contributed by atoms with Gasteiger partial charge in [-0.15, -0.1) is 0 Å². The average Bonchev–Trinajstić information content (AvgIpc) is 3.12. The Morgan fingerprint density at radius 2 is 1.97 bits per heavy atom. The van der Waals surface area contributed by atoms with Crippen LogP contribution in [0, 0.1) is 17.6 Å². The number of hydrogen-bond acceptors (Lipinski definition) is 7. The molecule has 9 heteroatoms. The molecule has 172 valence electrons. The zero-order valence-corrected chi connectivity index (χ0v) is 18.6. The van der Waals surface area contributed by atoms with Crippen LogP contribution in [0.2, 0.25) is 0 Å². The zero-order chi connectivity index (χ0) is 23.2. The first kappa shape index (κ1) is 22.7. The maximum absolute atomic E-state index is 15.1. The van der Waals surface area contributed by atoms with E-state index in [0.29, 0.717) is 24.3 Å². The van der Waals surface area contributed by atoms with E-state index in [1.54, 1.807) is 19.9 Å². The number of aromatic nitrogens is 2. The van der Waals surface area contributed by atoms with Crippen LogP contribution in [0.25, 0.3) is 11.3 Å². The van der Waals surface area contributed by atoms with Crippen molar-refractivity contribution in [3.05, 3.63) is 35.5 Å². The maximum Gasteiger partial charge on any atom is 0.223 e. The van der Waals surface area contributed by atoms with Gasteiger partial charge in [-0.3, -0.25) is 4.99 Å². The molecule has 3 N–H and O–H groups in total. The fourth-order valence-corrected chi connectivity index (χ4v) is 4.34. The number of ether oxygens (including phenoxy) is 1. The van der Waals surface area contributed by atoms with E-state index < -0.39 is 23.3 Å². The van der Waals surface area contributed by atoms with Crippen molar-refractivity contribution in [1.29, 1.82) is 0 Å². The van der Waals surface area contributed by atoms with Crippen LogP contribution in [-0.2, 0) is 4.74 Å². The number of hydrogen-bond donors (Lipinski definition) is 3. The molecule has 32 heavy (non-hydrogen) atoms. The molecule has 0 aliphatic carbocycles.